The number of nitrogens with one attached hydrogen (secondary N) is 1. The second-order valence-corrected chi connectivity index (χ2v) is 8.54. The van der Waals surface area contributed by atoms with Gasteiger partial charge in [0.05, 0.1) is 0 Å². The molecule has 0 spiro atoms. The van der Waals surface area contributed by atoms with E-state index in [0.717, 1.165) is 6.42 Å². The van der Waals surface area contributed by atoms with Crippen molar-refractivity contribution in [1.82, 2.24) is 5.32 Å². The number of unbranched alkanes of at least 4 members (excludes halogenated alkanes) is 19. The van der Waals surface area contributed by atoms with E-state index in [4.69, 9.17) is 5.11 Å². The molecule has 2 heteroatoms. The standard InChI is InChI=1S/C25H53NO/c1-2-3-4-5-14-17-20-23-26-24-21-18-15-12-10-8-6-7-9-11-13-16-19-22-25-27/h26-27H,2-25H2,1H3. The van der Waals surface area contributed by atoms with E-state index in [1.807, 2.05) is 0 Å². The first-order chi connectivity index (χ1) is 13.4. The van der Waals surface area contributed by atoms with Crippen molar-refractivity contribution in [3.05, 3.63) is 0 Å². The second-order valence-electron chi connectivity index (χ2n) is 8.54. The Bertz CT molecular complexity index is 220. The van der Waals surface area contributed by atoms with Gasteiger partial charge in [0.1, 0.15) is 0 Å². The lowest BCUT2D eigenvalue weighted by Gasteiger charge is -2.05. The van der Waals surface area contributed by atoms with Gasteiger partial charge in [0.25, 0.3) is 0 Å². The minimum atomic E-state index is 0.371. The lowest BCUT2D eigenvalue weighted by Crippen LogP contribution is -2.16. The maximum absolute atomic E-state index is 8.73. The summed E-state index contributed by atoms with van der Waals surface area (Å²) in [7, 11) is 0. The molecular formula is C25H53NO. The van der Waals surface area contributed by atoms with Crippen LogP contribution in [0.5, 0.6) is 0 Å². The normalized spacial score (nSPS) is 11.3. The number of hydrogen-bond donors (Lipinski definition) is 2. The van der Waals surface area contributed by atoms with Crippen LogP contribution in [0.2, 0.25) is 0 Å². The zero-order valence-corrected chi connectivity index (χ0v) is 18.9. The number of aliphatic hydroxyl groups excluding tert-OH is 1. The Morgan fingerprint density at radius 3 is 1.04 bits per heavy atom. The molecule has 2 nitrogen and oxygen atoms in total. The van der Waals surface area contributed by atoms with Crippen LogP contribution in [0, 0.1) is 0 Å². The van der Waals surface area contributed by atoms with E-state index in [-0.39, 0.29) is 0 Å². The van der Waals surface area contributed by atoms with Gasteiger partial charge in [0.2, 0.25) is 0 Å². The highest BCUT2D eigenvalue weighted by molar-refractivity contribution is 4.53. The Kier molecular flexibility index (Phi) is 25.8. The second kappa shape index (κ2) is 25.9. The van der Waals surface area contributed by atoms with Gasteiger partial charge in [-0.1, -0.05) is 122 Å². The molecule has 0 aliphatic carbocycles. The maximum atomic E-state index is 8.73. The monoisotopic (exact) mass is 383 g/mol. The van der Waals surface area contributed by atoms with Crippen molar-refractivity contribution in [1.29, 1.82) is 0 Å². The molecule has 0 aliphatic rings. The van der Waals surface area contributed by atoms with Crippen LogP contribution in [0.15, 0.2) is 0 Å². The van der Waals surface area contributed by atoms with Crippen molar-refractivity contribution in [2.24, 2.45) is 0 Å². The van der Waals surface area contributed by atoms with Gasteiger partial charge in [-0.15, -0.1) is 0 Å². The number of aliphatic hydroxyl groups is 1. The topological polar surface area (TPSA) is 32.3 Å². The van der Waals surface area contributed by atoms with Crippen LogP contribution in [0.4, 0.5) is 0 Å². The molecule has 27 heavy (non-hydrogen) atoms. The van der Waals surface area contributed by atoms with E-state index in [1.54, 1.807) is 0 Å². The van der Waals surface area contributed by atoms with Gasteiger partial charge in [-0.25, -0.2) is 0 Å². The van der Waals surface area contributed by atoms with E-state index < -0.39 is 0 Å². The summed E-state index contributed by atoms with van der Waals surface area (Å²) in [5.74, 6) is 0. The molecule has 0 aromatic rings. The Hall–Kier alpha value is -0.0800. The first-order valence-electron chi connectivity index (χ1n) is 12.7. The summed E-state index contributed by atoms with van der Waals surface area (Å²) in [5.41, 5.74) is 0. The van der Waals surface area contributed by atoms with Crippen molar-refractivity contribution in [3.63, 3.8) is 0 Å². The van der Waals surface area contributed by atoms with Crippen molar-refractivity contribution < 1.29 is 5.11 Å². The minimum Gasteiger partial charge on any atom is -0.396 e. The fraction of sp³-hybridized carbons (Fsp3) is 1.00. The van der Waals surface area contributed by atoms with Gasteiger partial charge in [-0.05, 0) is 32.4 Å². The highest BCUT2D eigenvalue weighted by atomic mass is 16.2. The van der Waals surface area contributed by atoms with Crippen LogP contribution >= 0.6 is 0 Å². The predicted octanol–water partition coefficient (Wildman–Crippen LogP) is 7.78. The molecule has 0 fully saturated rings. The van der Waals surface area contributed by atoms with Crippen molar-refractivity contribution >= 4 is 0 Å². The molecule has 0 bridgehead atoms. The van der Waals surface area contributed by atoms with E-state index in [9.17, 15) is 0 Å². The third-order valence-electron chi connectivity index (χ3n) is 5.72. The van der Waals surface area contributed by atoms with Crippen LogP contribution in [-0.2, 0) is 0 Å². The van der Waals surface area contributed by atoms with E-state index in [2.05, 4.69) is 12.2 Å². The molecule has 0 aliphatic heterocycles. The van der Waals surface area contributed by atoms with Gasteiger partial charge in [-0.3, -0.25) is 0 Å². The van der Waals surface area contributed by atoms with Crippen LogP contribution in [-0.4, -0.2) is 24.8 Å². The fourth-order valence-electron chi connectivity index (χ4n) is 3.82. The van der Waals surface area contributed by atoms with Crippen LogP contribution in [0.1, 0.15) is 142 Å². The Labute approximate surface area is 172 Å². The molecule has 0 saturated heterocycles. The number of rotatable bonds is 24. The molecule has 0 atom stereocenters. The van der Waals surface area contributed by atoms with Gasteiger partial charge in [0, 0.05) is 6.61 Å². The largest absolute Gasteiger partial charge is 0.396 e. The molecular weight excluding hydrogens is 330 g/mol. The van der Waals surface area contributed by atoms with Crippen LogP contribution in [0.3, 0.4) is 0 Å². The quantitative estimate of drug-likeness (QED) is 0.167. The van der Waals surface area contributed by atoms with Gasteiger partial charge in [0.15, 0.2) is 0 Å². The lowest BCUT2D eigenvalue weighted by molar-refractivity contribution is 0.282. The molecule has 0 unspecified atom stereocenters. The first-order valence-corrected chi connectivity index (χ1v) is 12.7. The lowest BCUT2D eigenvalue weighted by atomic mass is 10.0. The SMILES string of the molecule is CCCCCCCCCNCCCCCCCCCCCCCCCCO. The van der Waals surface area contributed by atoms with Crippen molar-refractivity contribution in [3.8, 4) is 0 Å². The average molecular weight is 384 g/mol. The zero-order valence-electron chi connectivity index (χ0n) is 18.9. The molecule has 0 aromatic carbocycles. The van der Waals surface area contributed by atoms with Gasteiger partial charge >= 0.3 is 0 Å². The molecule has 164 valence electrons. The van der Waals surface area contributed by atoms with Crippen molar-refractivity contribution in [2.45, 2.75) is 142 Å². The fourth-order valence-corrected chi connectivity index (χ4v) is 3.82. The van der Waals surface area contributed by atoms with Crippen molar-refractivity contribution in [2.75, 3.05) is 19.7 Å². The molecule has 0 radical (unpaired) electrons. The predicted molar refractivity (Wildman–Crippen MR) is 123 cm³/mol. The molecule has 0 rings (SSSR count). The van der Waals surface area contributed by atoms with Crippen LogP contribution in [0.25, 0.3) is 0 Å². The minimum absolute atomic E-state index is 0.371. The first kappa shape index (κ1) is 26.9. The molecule has 0 amide bonds. The summed E-state index contributed by atoms with van der Waals surface area (Å²) in [4.78, 5) is 0. The summed E-state index contributed by atoms with van der Waals surface area (Å²) in [6.45, 7) is 5.12. The van der Waals surface area contributed by atoms with E-state index in [0.29, 0.717) is 6.61 Å². The van der Waals surface area contributed by atoms with Crippen LogP contribution < -0.4 is 5.32 Å². The molecule has 2 N–H and O–H groups in total. The van der Waals surface area contributed by atoms with E-state index >= 15 is 0 Å². The third-order valence-corrected chi connectivity index (χ3v) is 5.72. The summed E-state index contributed by atoms with van der Waals surface area (Å²) >= 11 is 0. The van der Waals surface area contributed by atoms with Gasteiger partial charge < -0.3 is 10.4 Å². The average Bonchev–Trinajstić information content (AvgIpc) is 2.68. The highest BCUT2D eigenvalue weighted by Gasteiger charge is 1.95. The molecule has 0 saturated carbocycles. The summed E-state index contributed by atoms with van der Waals surface area (Å²) in [6, 6.07) is 0. The Morgan fingerprint density at radius 1 is 0.407 bits per heavy atom. The zero-order chi connectivity index (χ0) is 19.7. The third kappa shape index (κ3) is 25.9. The number of hydrogen-bond acceptors (Lipinski definition) is 2. The Morgan fingerprint density at radius 2 is 0.704 bits per heavy atom. The molecule has 0 heterocycles. The summed E-state index contributed by atoms with van der Waals surface area (Å²) < 4.78 is 0. The maximum Gasteiger partial charge on any atom is 0.0431 e. The Balaban J connectivity index is 2.95. The van der Waals surface area contributed by atoms with E-state index in [1.165, 1.54) is 142 Å². The van der Waals surface area contributed by atoms with Gasteiger partial charge in [-0.2, -0.15) is 0 Å². The summed E-state index contributed by atoms with van der Waals surface area (Å²) in [6.07, 6.45) is 29.0. The summed E-state index contributed by atoms with van der Waals surface area (Å²) in [5, 5.41) is 12.4. The molecule has 0 aromatic heterocycles. The highest BCUT2D eigenvalue weighted by Crippen LogP contribution is 2.13. The smallest absolute Gasteiger partial charge is 0.0431 e.